The number of carbonyl (C=O) groups is 1. The molecule has 0 amide bonds. The van der Waals surface area contributed by atoms with E-state index in [0.29, 0.717) is 0 Å². The second-order valence-electron chi connectivity index (χ2n) is 0.682. The van der Waals surface area contributed by atoms with Gasteiger partial charge in [-0.3, -0.25) is 0 Å². The number of hydrogen-bond donors (Lipinski definition) is 1. The van der Waals surface area contributed by atoms with Gasteiger partial charge in [0.2, 0.25) is 0 Å². The van der Waals surface area contributed by atoms with Crippen molar-refractivity contribution in [1.29, 1.82) is 0 Å². The van der Waals surface area contributed by atoms with Crippen LogP contribution in [0.5, 0.6) is 0 Å². The molecule has 5 heteroatoms. The van der Waals surface area contributed by atoms with Crippen molar-refractivity contribution >= 4 is 33.8 Å². The summed E-state index contributed by atoms with van der Waals surface area (Å²) in [5.74, 6) is 0. The van der Waals surface area contributed by atoms with Crippen LogP contribution in [0.4, 0.5) is 0 Å². The molecule has 0 rings (SSSR count). The van der Waals surface area contributed by atoms with Crippen LogP contribution in [0.1, 0.15) is 0 Å². The minimum atomic E-state index is 0. The summed E-state index contributed by atoms with van der Waals surface area (Å²) >= 11 is 1.96. The predicted octanol–water partition coefficient (Wildman–Crippen LogP) is -2.23. The Bertz CT molecular complexity index is 55.7. The van der Waals surface area contributed by atoms with Gasteiger partial charge < -0.3 is 38.8 Å². The Kier molecular flexibility index (Phi) is 14.6. The van der Waals surface area contributed by atoms with Crippen molar-refractivity contribution in [3.8, 4) is 0 Å². The molecular weight excluding hydrogens is 251 g/mol. The van der Waals surface area contributed by atoms with Crippen LogP contribution in [0.25, 0.3) is 0 Å². The summed E-state index contributed by atoms with van der Waals surface area (Å²) in [5, 5.41) is 0. The Morgan fingerprint density at radius 1 is 1.86 bits per heavy atom. The largest absolute Gasteiger partial charge is 1.00 e. The van der Waals surface area contributed by atoms with Gasteiger partial charge in [-0.05, 0) is 0 Å². The maximum absolute atomic E-state index is 10.0. The molecule has 0 aliphatic heterocycles. The molecule has 0 unspecified atom stereocenters. The molecule has 0 aromatic carbocycles. The van der Waals surface area contributed by atoms with Gasteiger partial charge in [0.15, 0.2) is 0 Å². The molecule has 0 aliphatic carbocycles. The Hall–Kier alpha value is 2.43. The van der Waals surface area contributed by atoms with Crippen LogP contribution in [-0.2, 0) is 4.79 Å². The average molecular weight is 255 g/mol. The molecular formula is C2H4IKNOP. The van der Waals surface area contributed by atoms with E-state index in [1.807, 2.05) is 22.0 Å². The molecule has 0 aliphatic rings. The predicted molar refractivity (Wildman–Crippen MR) is 35.0 cm³/mol. The monoisotopic (exact) mass is 255 g/mol. The second-order valence-corrected chi connectivity index (χ2v) is 2.80. The quantitative estimate of drug-likeness (QED) is 0.345. The van der Waals surface area contributed by atoms with Crippen molar-refractivity contribution < 1.29 is 56.2 Å². The van der Waals surface area contributed by atoms with E-state index in [1.165, 1.54) is 0 Å². The molecule has 0 atom stereocenters. The number of halogens is 1. The molecule has 2 nitrogen and oxygen atoms in total. The van der Waals surface area contributed by atoms with Gasteiger partial charge in [-0.25, -0.2) is 0 Å². The van der Waals surface area contributed by atoms with Crippen molar-refractivity contribution in [2.24, 2.45) is 5.73 Å². The first kappa shape index (κ1) is 12.1. The van der Waals surface area contributed by atoms with Crippen LogP contribution in [0.15, 0.2) is 0 Å². The first-order valence-corrected chi connectivity index (χ1v) is 5.04. The summed E-state index contributed by atoms with van der Waals surface area (Å²) in [6.07, 6.45) is 0.734. The molecule has 0 radical (unpaired) electrons. The van der Waals surface area contributed by atoms with Gasteiger partial charge in [-0.2, -0.15) is 0 Å². The Morgan fingerprint density at radius 2 is 2.29 bits per heavy atom. The van der Waals surface area contributed by atoms with Gasteiger partial charge >= 0.3 is 51.4 Å². The molecule has 0 fully saturated rings. The third kappa shape index (κ3) is 8.43. The van der Waals surface area contributed by atoms with Crippen molar-refractivity contribution in [3.05, 3.63) is 0 Å². The maximum atomic E-state index is 10.0. The van der Waals surface area contributed by atoms with Crippen LogP contribution in [-0.4, -0.2) is 12.1 Å². The van der Waals surface area contributed by atoms with Crippen LogP contribution in [0.3, 0.4) is 0 Å². The SMILES string of the molecule is NCC(=O)[P-]I.[K+]. The molecule has 0 saturated heterocycles. The maximum Gasteiger partial charge on any atom is 1.00 e. The van der Waals surface area contributed by atoms with Gasteiger partial charge in [0, 0.05) is 12.1 Å². The summed E-state index contributed by atoms with van der Waals surface area (Å²) in [4.78, 5) is 10.0. The van der Waals surface area contributed by atoms with Crippen molar-refractivity contribution in [2.45, 2.75) is 0 Å². The summed E-state index contributed by atoms with van der Waals surface area (Å²) in [6.45, 7) is 0.171. The molecule has 0 aromatic rings. The van der Waals surface area contributed by atoms with E-state index in [-0.39, 0.29) is 63.5 Å². The second kappa shape index (κ2) is 8.43. The summed E-state index contributed by atoms with van der Waals surface area (Å²) in [7, 11) is 0. The minimum Gasteiger partial charge on any atom is -0.388 e. The van der Waals surface area contributed by atoms with E-state index in [2.05, 4.69) is 0 Å². The molecule has 0 aromatic heterocycles. The summed E-state index contributed by atoms with van der Waals surface area (Å²) in [5.41, 5.74) is 5.00. The molecule has 2 N–H and O–H groups in total. The molecule has 7 heavy (non-hydrogen) atoms. The fraction of sp³-hybridized carbons (Fsp3) is 0.500. The van der Waals surface area contributed by atoms with E-state index >= 15 is 0 Å². The van der Waals surface area contributed by atoms with Crippen LogP contribution in [0.2, 0.25) is 0 Å². The fourth-order valence-corrected chi connectivity index (χ4v) is 0.694. The van der Waals surface area contributed by atoms with Crippen molar-refractivity contribution in [1.82, 2.24) is 0 Å². The average Bonchev–Trinajstić information content (AvgIpc) is 1.65. The molecule has 0 heterocycles. The minimum absolute atomic E-state index is 0. The van der Waals surface area contributed by atoms with Gasteiger partial charge in [-0.15, -0.1) is 0 Å². The van der Waals surface area contributed by atoms with Gasteiger partial charge in [0.1, 0.15) is 0 Å². The zero-order valence-corrected chi connectivity index (χ0v) is 10.2. The van der Waals surface area contributed by atoms with Gasteiger partial charge in [-0.1, -0.05) is 0 Å². The van der Waals surface area contributed by atoms with E-state index in [1.54, 1.807) is 0 Å². The Labute approximate surface area is 100 Å². The first-order valence-electron chi connectivity index (χ1n) is 1.36. The Balaban J connectivity index is 0. The molecule has 0 saturated carbocycles. The fourth-order valence-electron chi connectivity index (χ4n) is 0.0345. The summed E-state index contributed by atoms with van der Waals surface area (Å²) < 4.78 is 0. The number of nitrogens with two attached hydrogens (primary N) is 1. The third-order valence-electron chi connectivity index (χ3n) is 0.269. The normalized spacial score (nSPS) is 8.86. The summed E-state index contributed by atoms with van der Waals surface area (Å²) in [6, 6.07) is 0. The van der Waals surface area contributed by atoms with Crippen LogP contribution >= 0.6 is 28.3 Å². The molecule has 0 bridgehead atoms. The van der Waals surface area contributed by atoms with Crippen LogP contribution < -0.4 is 57.1 Å². The third-order valence-corrected chi connectivity index (χ3v) is 2.25. The molecule has 36 valence electrons. The van der Waals surface area contributed by atoms with E-state index in [4.69, 9.17) is 5.73 Å². The first-order chi connectivity index (χ1) is 2.81. The number of rotatable bonds is 2. The topological polar surface area (TPSA) is 43.1 Å². The zero-order valence-electron chi connectivity index (χ0n) is 4.02. The van der Waals surface area contributed by atoms with Crippen LogP contribution in [0, 0.1) is 0 Å². The van der Waals surface area contributed by atoms with Gasteiger partial charge in [0.25, 0.3) is 0 Å². The van der Waals surface area contributed by atoms with E-state index in [9.17, 15) is 4.79 Å². The van der Waals surface area contributed by atoms with E-state index in [0.717, 1.165) is 6.22 Å². The zero-order chi connectivity index (χ0) is 4.99. The Morgan fingerprint density at radius 3 is 2.29 bits per heavy atom. The smallest absolute Gasteiger partial charge is 0.388 e. The van der Waals surface area contributed by atoms with E-state index < -0.39 is 0 Å². The number of carbonyl (C=O) groups excluding carboxylic acids is 1. The number of hydrogen-bond acceptors (Lipinski definition) is 2. The van der Waals surface area contributed by atoms with Crippen molar-refractivity contribution in [2.75, 3.05) is 6.54 Å². The van der Waals surface area contributed by atoms with Crippen molar-refractivity contribution in [3.63, 3.8) is 0 Å². The standard InChI is InChI=1S/C2H4INOP.K/c3-6-2(5)1-4;/h1,4H2;/q-1;+1. The van der Waals surface area contributed by atoms with Gasteiger partial charge in [0.05, 0.1) is 0 Å². The molecule has 0 spiro atoms.